The highest BCUT2D eigenvalue weighted by Gasteiger charge is 2.40. The molecule has 5 nitrogen and oxygen atoms in total. The van der Waals surface area contributed by atoms with Crippen molar-refractivity contribution in [2.75, 3.05) is 18.4 Å². The van der Waals surface area contributed by atoms with Crippen molar-refractivity contribution in [1.82, 2.24) is 10.2 Å². The number of nitrogens with one attached hydrogen (secondary N) is 2. The number of carbonyl (C=O) groups is 2. The summed E-state index contributed by atoms with van der Waals surface area (Å²) >= 11 is 0. The molecular formula is C16H21N3O2. The molecule has 112 valence electrons. The quantitative estimate of drug-likeness (QED) is 0.829. The van der Waals surface area contributed by atoms with Crippen LogP contribution >= 0.6 is 0 Å². The van der Waals surface area contributed by atoms with Crippen LogP contribution in [0.2, 0.25) is 0 Å². The Kier molecular flexibility index (Phi) is 3.35. The number of anilines is 1. The average Bonchev–Trinajstić information content (AvgIpc) is 2.48. The first-order valence-electron chi connectivity index (χ1n) is 7.52. The van der Waals surface area contributed by atoms with E-state index in [1.54, 1.807) is 0 Å². The molecule has 0 radical (unpaired) electrons. The summed E-state index contributed by atoms with van der Waals surface area (Å²) in [6.07, 6.45) is 2.00. The van der Waals surface area contributed by atoms with E-state index in [9.17, 15) is 9.59 Å². The van der Waals surface area contributed by atoms with Gasteiger partial charge in [-0.05, 0) is 19.1 Å². The van der Waals surface area contributed by atoms with Crippen molar-refractivity contribution in [1.29, 1.82) is 0 Å². The van der Waals surface area contributed by atoms with Crippen molar-refractivity contribution in [3.05, 3.63) is 29.3 Å². The molecule has 0 saturated carbocycles. The summed E-state index contributed by atoms with van der Waals surface area (Å²) in [7, 11) is 0. The first kappa shape index (κ1) is 13.9. The fourth-order valence-electron chi connectivity index (χ4n) is 3.14. The first-order valence-corrected chi connectivity index (χ1v) is 7.52. The van der Waals surface area contributed by atoms with Crippen molar-refractivity contribution in [3.8, 4) is 0 Å². The molecule has 3 rings (SSSR count). The summed E-state index contributed by atoms with van der Waals surface area (Å²) in [6, 6.07) is 5.88. The van der Waals surface area contributed by atoms with E-state index < -0.39 is 5.66 Å². The minimum Gasteiger partial charge on any atom is -0.362 e. The van der Waals surface area contributed by atoms with Gasteiger partial charge in [0.1, 0.15) is 5.66 Å². The SMILES string of the molecule is CCC(=O)N1CCC2(CC1)NC(=O)c1cc(C)ccc1N2. The van der Waals surface area contributed by atoms with Crippen LogP contribution in [0.5, 0.6) is 0 Å². The number of hydrogen-bond acceptors (Lipinski definition) is 3. The monoisotopic (exact) mass is 287 g/mol. The van der Waals surface area contributed by atoms with Gasteiger partial charge < -0.3 is 15.5 Å². The van der Waals surface area contributed by atoms with Crippen LogP contribution in [0.4, 0.5) is 5.69 Å². The molecule has 0 atom stereocenters. The van der Waals surface area contributed by atoms with Crippen LogP contribution in [0.15, 0.2) is 18.2 Å². The molecule has 0 bridgehead atoms. The standard InChI is InChI=1S/C16H21N3O2/c1-3-14(20)19-8-6-16(7-9-19)17-13-5-4-11(2)10-12(13)15(21)18-16/h4-5,10,17H,3,6-9H2,1-2H3,(H,18,21). The van der Waals surface area contributed by atoms with Gasteiger partial charge in [0, 0.05) is 38.0 Å². The largest absolute Gasteiger partial charge is 0.362 e. The summed E-state index contributed by atoms with van der Waals surface area (Å²) in [5.74, 6) is 0.158. The summed E-state index contributed by atoms with van der Waals surface area (Å²) in [5, 5.41) is 6.58. The van der Waals surface area contributed by atoms with Crippen LogP contribution in [-0.4, -0.2) is 35.5 Å². The van der Waals surface area contributed by atoms with E-state index in [1.807, 2.05) is 36.9 Å². The number of amides is 2. The first-order chi connectivity index (χ1) is 10.0. The lowest BCUT2D eigenvalue weighted by molar-refractivity contribution is -0.132. The van der Waals surface area contributed by atoms with E-state index in [4.69, 9.17) is 0 Å². The van der Waals surface area contributed by atoms with E-state index in [0.717, 1.165) is 24.1 Å². The number of benzene rings is 1. The Bertz CT molecular complexity index is 589. The van der Waals surface area contributed by atoms with E-state index in [-0.39, 0.29) is 11.8 Å². The van der Waals surface area contributed by atoms with Crippen molar-refractivity contribution in [2.45, 2.75) is 38.8 Å². The highest BCUT2D eigenvalue weighted by Crippen LogP contribution is 2.31. The van der Waals surface area contributed by atoms with Gasteiger partial charge in [-0.2, -0.15) is 0 Å². The fourth-order valence-corrected chi connectivity index (χ4v) is 3.14. The molecule has 0 aromatic heterocycles. The predicted octanol–water partition coefficient (Wildman–Crippen LogP) is 1.88. The molecule has 0 aliphatic carbocycles. The third-order valence-electron chi connectivity index (χ3n) is 4.42. The highest BCUT2D eigenvalue weighted by atomic mass is 16.2. The fraction of sp³-hybridized carbons (Fsp3) is 0.500. The summed E-state index contributed by atoms with van der Waals surface area (Å²) in [4.78, 5) is 26.0. The average molecular weight is 287 g/mol. The predicted molar refractivity (Wildman–Crippen MR) is 81.1 cm³/mol. The zero-order chi connectivity index (χ0) is 15.0. The van der Waals surface area contributed by atoms with Gasteiger partial charge in [0.05, 0.1) is 5.56 Å². The Morgan fingerprint density at radius 1 is 1.29 bits per heavy atom. The van der Waals surface area contributed by atoms with Crippen LogP contribution < -0.4 is 10.6 Å². The number of likely N-dealkylation sites (tertiary alicyclic amines) is 1. The highest BCUT2D eigenvalue weighted by molar-refractivity contribution is 6.02. The maximum absolute atomic E-state index is 12.4. The molecule has 2 aliphatic heterocycles. The Hall–Kier alpha value is -2.04. The molecule has 1 aromatic rings. The lowest BCUT2D eigenvalue weighted by Gasteiger charge is -2.46. The summed E-state index contributed by atoms with van der Waals surface area (Å²) in [5.41, 5.74) is 2.25. The number of aryl methyl sites for hydroxylation is 1. The molecule has 1 saturated heterocycles. The Labute approximate surface area is 124 Å². The van der Waals surface area contributed by atoms with Gasteiger partial charge in [-0.1, -0.05) is 18.6 Å². The van der Waals surface area contributed by atoms with Crippen LogP contribution in [0.25, 0.3) is 0 Å². The third-order valence-corrected chi connectivity index (χ3v) is 4.42. The molecule has 21 heavy (non-hydrogen) atoms. The van der Waals surface area contributed by atoms with Crippen LogP contribution in [0.1, 0.15) is 42.1 Å². The lowest BCUT2D eigenvalue weighted by atomic mass is 9.92. The number of piperidine rings is 1. The second-order valence-corrected chi connectivity index (χ2v) is 5.94. The van der Waals surface area contributed by atoms with Crippen LogP contribution in [0, 0.1) is 6.92 Å². The number of fused-ring (bicyclic) bond motifs is 1. The molecule has 0 unspecified atom stereocenters. The minimum absolute atomic E-state index is 0.0253. The molecule has 2 heterocycles. The molecule has 2 amide bonds. The number of rotatable bonds is 1. The maximum Gasteiger partial charge on any atom is 0.255 e. The van der Waals surface area contributed by atoms with E-state index in [2.05, 4.69) is 10.6 Å². The zero-order valence-electron chi connectivity index (χ0n) is 12.5. The topological polar surface area (TPSA) is 61.4 Å². The Morgan fingerprint density at radius 2 is 2.00 bits per heavy atom. The lowest BCUT2D eigenvalue weighted by Crippen LogP contribution is -2.62. The zero-order valence-corrected chi connectivity index (χ0v) is 12.5. The van der Waals surface area contributed by atoms with Gasteiger partial charge in [0.2, 0.25) is 5.91 Å². The van der Waals surface area contributed by atoms with Crippen molar-refractivity contribution in [3.63, 3.8) is 0 Å². The summed E-state index contributed by atoms with van der Waals surface area (Å²) in [6.45, 7) is 5.22. The number of carbonyl (C=O) groups excluding carboxylic acids is 2. The van der Waals surface area contributed by atoms with E-state index >= 15 is 0 Å². The molecule has 1 aromatic carbocycles. The molecule has 1 spiro atoms. The third kappa shape index (κ3) is 2.48. The normalized spacial score (nSPS) is 19.7. The van der Waals surface area contributed by atoms with Crippen molar-refractivity contribution < 1.29 is 9.59 Å². The van der Waals surface area contributed by atoms with Gasteiger partial charge in [-0.15, -0.1) is 0 Å². The molecule has 2 N–H and O–H groups in total. The van der Waals surface area contributed by atoms with Gasteiger partial charge in [-0.3, -0.25) is 9.59 Å². The Balaban J connectivity index is 1.79. The number of nitrogens with zero attached hydrogens (tertiary/aromatic N) is 1. The van der Waals surface area contributed by atoms with Gasteiger partial charge in [0.15, 0.2) is 0 Å². The van der Waals surface area contributed by atoms with E-state index in [1.165, 1.54) is 0 Å². The summed E-state index contributed by atoms with van der Waals surface area (Å²) < 4.78 is 0. The minimum atomic E-state index is -0.413. The molecule has 1 fully saturated rings. The van der Waals surface area contributed by atoms with Crippen LogP contribution in [0.3, 0.4) is 0 Å². The van der Waals surface area contributed by atoms with E-state index in [0.29, 0.717) is 25.1 Å². The smallest absolute Gasteiger partial charge is 0.255 e. The van der Waals surface area contributed by atoms with Gasteiger partial charge >= 0.3 is 0 Å². The van der Waals surface area contributed by atoms with Crippen LogP contribution in [-0.2, 0) is 4.79 Å². The van der Waals surface area contributed by atoms with Gasteiger partial charge in [0.25, 0.3) is 5.91 Å². The molecule has 5 heteroatoms. The second kappa shape index (κ2) is 5.06. The molecule has 2 aliphatic rings. The number of hydrogen-bond donors (Lipinski definition) is 2. The van der Waals surface area contributed by atoms with Crippen molar-refractivity contribution >= 4 is 17.5 Å². The maximum atomic E-state index is 12.4. The van der Waals surface area contributed by atoms with Gasteiger partial charge in [-0.25, -0.2) is 0 Å². The molecular weight excluding hydrogens is 266 g/mol. The van der Waals surface area contributed by atoms with Crippen molar-refractivity contribution in [2.24, 2.45) is 0 Å². The second-order valence-electron chi connectivity index (χ2n) is 5.94. The Morgan fingerprint density at radius 3 is 2.67 bits per heavy atom.